The van der Waals surface area contributed by atoms with Gasteiger partial charge in [-0.25, -0.2) is 14.2 Å². The molecule has 4 rings (SSSR count). The third-order valence-electron chi connectivity index (χ3n) is 6.21. The van der Waals surface area contributed by atoms with Crippen LogP contribution >= 0.6 is 0 Å². The summed E-state index contributed by atoms with van der Waals surface area (Å²) in [5, 5.41) is 8.58. The molecule has 0 spiro atoms. The number of anilines is 1. The predicted molar refractivity (Wildman–Crippen MR) is 126 cm³/mol. The molecule has 2 aromatic rings. The lowest BCUT2D eigenvalue weighted by atomic mass is 9.94. The second-order valence-corrected chi connectivity index (χ2v) is 8.16. The molecule has 2 aliphatic heterocycles. The number of ether oxygens (including phenoxy) is 2. The molecule has 2 heterocycles. The third kappa shape index (κ3) is 4.45. The van der Waals surface area contributed by atoms with E-state index in [1.54, 1.807) is 7.05 Å². The Bertz CT molecular complexity index is 1050. The Balaban J connectivity index is 1.81. The predicted octanol–water partition coefficient (Wildman–Crippen LogP) is 2.54. The van der Waals surface area contributed by atoms with Gasteiger partial charge < -0.3 is 24.6 Å². The number of hydrogen-bond acceptors (Lipinski definition) is 6. The zero-order valence-electron chi connectivity index (χ0n) is 19.5. The minimum Gasteiger partial charge on any atom is -0.493 e. The Kier molecular flexibility index (Phi) is 6.69. The van der Waals surface area contributed by atoms with Gasteiger partial charge in [-0.15, -0.1) is 0 Å². The Labute approximate surface area is 193 Å². The van der Waals surface area contributed by atoms with Crippen LogP contribution in [0.25, 0.3) is 0 Å². The van der Waals surface area contributed by atoms with E-state index >= 15 is 4.39 Å². The maximum absolute atomic E-state index is 15.1. The van der Waals surface area contributed by atoms with Crippen molar-refractivity contribution in [2.75, 3.05) is 65.9 Å². The molecule has 0 aliphatic carbocycles. The zero-order chi connectivity index (χ0) is 23.5. The number of methoxy groups -OCH3 is 2. The van der Waals surface area contributed by atoms with Crippen LogP contribution in [-0.2, 0) is 6.42 Å². The van der Waals surface area contributed by atoms with Crippen LogP contribution in [0.5, 0.6) is 11.5 Å². The van der Waals surface area contributed by atoms with Crippen molar-refractivity contribution >= 4 is 17.4 Å². The van der Waals surface area contributed by atoms with Gasteiger partial charge >= 0.3 is 6.03 Å². The van der Waals surface area contributed by atoms with Crippen LogP contribution in [0.2, 0.25) is 0 Å². The van der Waals surface area contributed by atoms with Crippen molar-refractivity contribution in [2.24, 2.45) is 5.10 Å². The van der Waals surface area contributed by atoms with Gasteiger partial charge in [0.25, 0.3) is 0 Å². The number of urea groups is 1. The molecule has 0 aromatic heterocycles. The van der Waals surface area contributed by atoms with Crippen LogP contribution in [0.15, 0.2) is 35.4 Å². The molecular weight excluding hydrogens is 425 g/mol. The summed E-state index contributed by atoms with van der Waals surface area (Å²) in [7, 11) is 6.66. The molecule has 8 nitrogen and oxygen atoms in total. The number of piperazine rings is 1. The van der Waals surface area contributed by atoms with Crippen molar-refractivity contribution in [1.82, 2.24) is 15.2 Å². The van der Waals surface area contributed by atoms with Gasteiger partial charge in [-0.3, -0.25) is 0 Å². The SMILES string of the molecule is CNC(=O)N1CCc2c(F)cc(OC)c(OC)c2C(c2ccc(N3CCN(C)CC3)cc2)=N1. The van der Waals surface area contributed by atoms with E-state index in [4.69, 9.17) is 9.47 Å². The summed E-state index contributed by atoms with van der Waals surface area (Å²) in [6.45, 7) is 4.18. The van der Waals surface area contributed by atoms with Crippen molar-refractivity contribution in [3.8, 4) is 11.5 Å². The number of hydrogen-bond donors (Lipinski definition) is 1. The van der Waals surface area contributed by atoms with Crippen LogP contribution in [0.4, 0.5) is 14.9 Å². The molecule has 176 valence electrons. The van der Waals surface area contributed by atoms with Gasteiger partial charge in [0, 0.05) is 56.1 Å². The van der Waals surface area contributed by atoms with E-state index in [0.717, 1.165) is 37.4 Å². The number of carbonyl (C=O) groups excluding carboxylic acids is 1. The third-order valence-corrected chi connectivity index (χ3v) is 6.21. The number of carbonyl (C=O) groups is 1. The first kappa shape index (κ1) is 22.8. The number of amides is 2. The van der Waals surface area contributed by atoms with Crippen molar-refractivity contribution in [3.63, 3.8) is 0 Å². The summed E-state index contributed by atoms with van der Waals surface area (Å²) in [5.74, 6) is 0.265. The highest BCUT2D eigenvalue weighted by Crippen LogP contribution is 2.38. The van der Waals surface area contributed by atoms with Crippen molar-refractivity contribution in [1.29, 1.82) is 0 Å². The summed E-state index contributed by atoms with van der Waals surface area (Å²) in [6.07, 6.45) is 0.293. The fraction of sp³-hybridized carbons (Fsp3) is 0.417. The maximum Gasteiger partial charge on any atom is 0.337 e. The van der Waals surface area contributed by atoms with E-state index in [9.17, 15) is 4.79 Å². The highest BCUT2D eigenvalue weighted by Gasteiger charge is 2.29. The molecule has 1 saturated heterocycles. The first-order chi connectivity index (χ1) is 16.0. The first-order valence-corrected chi connectivity index (χ1v) is 11.0. The van der Waals surface area contributed by atoms with Gasteiger partial charge in [0.05, 0.1) is 26.3 Å². The normalized spacial score (nSPS) is 16.6. The smallest absolute Gasteiger partial charge is 0.337 e. The van der Waals surface area contributed by atoms with Crippen LogP contribution in [0.3, 0.4) is 0 Å². The molecule has 2 amide bonds. The van der Waals surface area contributed by atoms with E-state index in [1.807, 2.05) is 24.3 Å². The Morgan fingerprint density at radius 2 is 1.76 bits per heavy atom. The molecule has 0 bridgehead atoms. The molecule has 0 atom stereocenters. The van der Waals surface area contributed by atoms with Crippen molar-refractivity contribution in [3.05, 3.63) is 52.8 Å². The highest BCUT2D eigenvalue weighted by atomic mass is 19.1. The van der Waals surface area contributed by atoms with E-state index in [-0.39, 0.29) is 18.3 Å². The number of likely N-dealkylation sites (N-methyl/N-ethyl adjacent to an activating group) is 1. The minimum absolute atomic E-state index is 0.238. The van der Waals surface area contributed by atoms with Gasteiger partial charge in [0.2, 0.25) is 0 Å². The molecule has 0 radical (unpaired) electrons. The Hall–Kier alpha value is -3.33. The Morgan fingerprint density at radius 3 is 2.36 bits per heavy atom. The topological polar surface area (TPSA) is 69.6 Å². The first-order valence-electron chi connectivity index (χ1n) is 11.0. The van der Waals surface area contributed by atoms with Gasteiger partial charge in [0.1, 0.15) is 11.5 Å². The summed E-state index contributed by atoms with van der Waals surface area (Å²) in [6, 6.07) is 8.96. The lowest BCUT2D eigenvalue weighted by Crippen LogP contribution is -2.44. The second-order valence-electron chi connectivity index (χ2n) is 8.16. The van der Waals surface area contributed by atoms with Crippen LogP contribution in [0.1, 0.15) is 16.7 Å². The van der Waals surface area contributed by atoms with Gasteiger partial charge in [-0.2, -0.15) is 5.10 Å². The average molecular weight is 456 g/mol. The van der Waals surface area contributed by atoms with Crippen LogP contribution in [0, 0.1) is 5.82 Å². The number of hydrazone groups is 1. The van der Waals surface area contributed by atoms with E-state index < -0.39 is 5.82 Å². The Morgan fingerprint density at radius 1 is 1.06 bits per heavy atom. The number of fused-ring (bicyclic) bond motifs is 1. The molecular formula is C24H30FN5O3. The number of halogens is 1. The number of benzene rings is 2. The monoisotopic (exact) mass is 455 g/mol. The summed E-state index contributed by atoms with van der Waals surface area (Å²) in [5.41, 5.74) is 3.30. The van der Waals surface area contributed by atoms with Gasteiger partial charge in [-0.05, 0) is 25.6 Å². The number of rotatable bonds is 4. The second kappa shape index (κ2) is 9.66. The number of nitrogens with zero attached hydrogens (tertiary/aromatic N) is 4. The molecule has 33 heavy (non-hydrogen) atoms. The van der Waals surface area contributed by atoms with Crippen LogP contribution < -0.4 is 19.7 Å². The molecule has 2 aliphatic rings. The van der Waals surface area contributed by atoms with Crippen molar-refractivity contribution < 1.29 is 18.7 Å². The molecule has 0 saturated carbocycles. The number of nitrogens with one attached hydrogen (secondary N) is 1. The molecule has 1 fully saturated rings. The zero-order valence-corrected chi connectivity index (χ0v) is 19.5. The molecule has 0 unspecified atom stereocenters. The van der Waals surface area contributed by atoms with Gasteiger partial charge in [-0.1, -0.05) is 12.1 Å². The highest BCUT2D eigenvalue weighted by molar-refractivity contribution is 6.16. The summed E-state index contributed by atoms with van der Waals surface area (Å²) < 4.78 is 26.2. The fourth-order valence-electron chi connectivity index (χ4n) is 4.31. The van der Waals surface area contributed by atoms with E-state index in [1.165, 1.54) is 25.3 Å². The molecule has 2 aromatic carbocycles. The van der Waals surface area contributed by atoms with Gasteiger partial charge in [0.15, 0.2) is 11.5 Å². The van der Waals surface area contributed by atoms with Crippen LogP contribution in [-0.4, -0.2) is 82.7 Å². The summed E-state index contributed by atoms with van der Waals surface area (Å²) in [4.78, 5) is 17.1. The molecule has 1 N–H and O–H groups in total. The summed E-state index contributed by atoms with van der Waals surface area (Å²) >= 11 is 0. The minimum atomic E-state index is -0.414. The fourth-order valence-corrected chi connectivity index (χ4v) is 4.31. The standard InChI is InChI=1S/C24H30FN5O3/c1-26-24(31)30-10-9-18-19(25)15-20(32-3)23(33-4)21(18)22(27-30)16-5-7-17(8-6-16)29-13-11-28(2)12-14-29/h5-8,15H,9-14H2,1-4H3,(H,26,31). The van der Waals surface area contributed by atoms with E-state index in [0.29, 0.717) is 29.0 Å². The lowest BCUT2D eigenvalue weighted by Gasteiger charge is -2.34. The quantitative estimate of drug-likeness (QED) is 0.768. The molecule has 9 heteroatoms. The average Bonchev–Trinajstić information content (AvgIpc) is 3.05. The van der Waals surface area contributed by atoms with E-state index in [2.05, 4.69) is 27.3 Å². The lowest BCUT2D eigenvalue weighted by molar-refractivity contribution is 0.203. The maximum atomic E-state index is 15.1. The van der Waals surface area contributed by atoms with Crippen molar-refractivity contribution in [2.45, 2.75) is 6.42 Å². The largest absolute Gasteiger partial charge is 0.493 e.